The topological polar surface area (TPSA) is 43.1 Å². The summed E-state index contributed by atoms with van der Waals surface area (Å²) < 4.78 is 36.9. The summed E-state index contributed by atoms with van der Waals surface area (Å²) in [6.45, 7) is 0. The van der Waals surface area contributed by atoms with Gasteiger partial charge in [-0.05, 0) is 30.7 Å². The number of aryl methyl sites for hydroxylation is 1. The molecule has 1 aromatic carbocycles. The van der Waals surface area contributed by atoms with Gasteiger partial charge in [0.25, 0.3) is 5.69 Å². The largest absolute Gasteiger partial charge is 0.446 e. The summed E-state index contributed by atoms with van der Waals surface area (Å²) in [6.07, 6.45) is 0.995. The summed E-state index contributed by atoms with van der Waals surface area (Å²) in [5.74, 6) is 0. The van der Waals surface area contributed by atoms with Crippen LogP contribution in [0.25, 0.3) is 0 Å². The first-order chi connectivity index (χ1) is 8.35. The van der Waals surface area contributed by atoms with E-state index in [-0.39, 0.29) is 4.90 Å². The third-order valence-electron chi connectivity index (χ3n) is 2.07. The minimum Gasteiger partial charge on any atom is -0.258 e. The lowest BCUT2D eigenvalue weighted by Gasteiger charge is -2.09. The molecule has 0 unspecified atom stereocenters. The van der Waals surface area contributed by atoms with Crippen molar-refractivity contribution in [2.45, 2.75) is 23.2 Å². The highest BCUT2D eigenvalue weighted by Crippen LogP contribution is 2.42. The van der Waals surface area contributed by atoms with Gasteiger partial charge in [-0.1, -0.05) is 28.1 Å². The zero-order valence-corrected chi connectivity index (χ0v) is 11.4. The Balaban J connectivity index is 3.13. The van der Waals surface area contributed by atoms with Crippen LogP contribution < -0.4 is 0 Å². The highest BCUT2D eigenvalue weighted by molar-refractivity contribution is 9.09. The first kappa shape index (κ1) is 15.3. The molecule has 8 heteroatoms. The fraction of sp³-hybridized carbons (Fsp3) is 0.400. The molecule has 0 bridgehead atoms. The molecule has 0 spiro atoms. The molecule has 0 radical (unpaired) electrons. The number of thioether (sulfide) groups is 1. The van der Waals surface area contributed by atoms with E-state index in [9.17, 15) is 23.3 Å². The second-order valence-electron chi connectivity index (χ2n) is 3.36. The van der Waals surface area contributed by atoms with Crippen LogP contribution in [0.2, 0.25) is 0 Å². The maximum atomic E-state index is 12.3. The minimum absolute atomic E-state index is 0.327. The van der Waals surface area contributed by atoms with Crippen molar-refractivity contribution in [3.05, 3.63) is 33.9 Å². The van der Waals surface area contributed by atoms with E-state index in [1.165, 1.54) is 12.1 Å². The average molecular weight is 344 g/mol. The molecule has 0 N–H and O–H groups in total. The van der Waals surface area contributed by atoms with Gasteiger partial charge in [-0.3, -0.25) is 10.1 Å². The van der Waals surface area contributed by atoms with Gasteiger partial charge in [-0.15, -0.1) is 0 Å². The number of hydrogen-bond acceptors (Lipinski definition) is 3. The van der Waals surface area contributed by atoms with E-state index in [2.05, 4.69) is 15.9 Å². The van der Waals surface area contributed by atoms with Crippen LogP contribution in [0.4, 0.5) is 18.9 Å². The smallest absolute Gasteiger partial charge is 0.258 e. The van der Waals surface area contributed by atoms with Gasteiger partial charge in [-0.25, -0.2) is 0 Å². The predicted molar refractivity (Wildman–Crippen MR) is 67.1 cm³/mol. The lowest BCUT2D eigenvalue weighted by atomic mass is 10.1. The molecule has 0 atom stereocenters. The van der Waals surface area contributed by atoms with Gasteiger partial charge in [0.2, 0.25) is 0 Å². The molecule has 18 heavy (non-hydrogen) atoms. The first-order valence-corrected chi connectivity index (χ1v) is 6.87. The summed E-state index contributed by atoms with van der Waals surface area (Å²) in [6, 6.07) is 4.01. The molecule has 0 aromatic heterocycles. The Morgan fingerprint density at radius 3 is 2.56 bits per heavy atom. The Labute approximate surface area is 114 Å². The van der Waals surface area contributed by atoms with Crippen LogP contribution in [0.5, 0.6) is 0 Å². The molecular weight excluding hydrogens is 335 g/mol. The van der Waals surface area contributed by atoms with Gasteiger partial charge in [-0.2, -0.15) is 13.2 Å². The number of nitro groups is 1. The monoisotopic (exact) mass is 343 g/mol. The maximum Gasteiger partial charge on any atom is 0.446 e. The van der Waals surface area contributed by atoms with E-state index < -0.39 is 27.9 Å². The molecule has 0 heterocycles. The molecule has 0 fully saturated rings. The number of hydrogen-bond donors (Lipinski definition) is 0. The molecule has 0 saturated heterocycles. The second kappa shape index (κ2) is 6.42. The van der Waals surface area contributed by atoms with Gasteiger partial charge >= 0.3 is 5.51 Å². The van der Waals surface area contributed by atoms with E-state index in [0.717, 1.165) is 6.07 Å². The third kappa shape index (κ3) is 4.49. The Morgan fingerprint density at radius 1 is 1.39 bits per heavy atom. The number of halogens is 4. The van der Waals surface area contributed by atoms with Gasteiger partial charge in [0.15, 0.2) is 0 Å². The van der Waals surface area contributed by atoms with Gasteiger partial charge < -0.3 is 0 Å². The lowest BCUT2D eigenvalue weighted by molar-refractivity contribution is -0.388. The number of rotatable bonds is 5. The van der Waals surface area contributed by atoms with Crippen molar-refractivity contribution >= 4 is 33.4 Å². The fourth-order valence-corrected chi connectivity index (χ4v) is 2.42. The second-order valence-corrected chi connectivity index (χ2v) is 5.26. The van der Waals surface area contributed by atoms with Crippen molar-refractivity contribution in [1.29, 1.82) is 0 Å². The molecule has 100 valence electrons. The minimum atomic E-state index is -4.53. The Hall–Kier alpha value is -0.760. The molecule has 0 saturated carbocycles. The van der Waals surface area contributed by atoms with E-state index >= 15 is 0 Å². The summed E-state index contributed by atoms with van der Waals surface area (Å²) in [4.78, 5) is 9.79. The zero-order chi connectivity index (χ0) is 13.8. The van der Waals surface area contributed by atoms with Crippen LogP contribution in [0, 0.1) is 10.1 Å². The maximum absolute atomic E-state index is 12.3. The molecule has 3 nitrogen and oxygen atoms in total. The van der Waals surface area contributed by atoms with Crippen LogP contribution in [0.3, 0.4) is 0 Å². The van der Waals surface area contributed by atoms with Crippen LogP contribution >= 0.6 is 27.7 Å². The summed E-state index contributed by atoms with van der Waals surface area (Å²) in [5.41, 5.74) is -4.65. The zero-order valence-electron chi connectivity index (χ0n) is 9.04. The average Bonchev–Trinajstić information content (AvgIpc) is 2.23. The summed E-state index contributed by atoms with van der Waals surface area (Å²) >= 11 is 2.73. The molecule has 1 rings (SSSR count). The first-order valence-electron chi connectivity index (χ1n) is 4.93. The SMILES string of the molecule is O=[N+]([O-])c1c(CCCBr)cccc1SC(F)(F)F. The normalized spacial score (nSPS) is 11.6. The Morgan fingerprint density at radius 2 is 2.06 bits per heavy atom. The molecule has 0 amide bonds. The Bertz CT molecular complexity index is 440. The third-order valence-corrected chi connectivity index (χ3v) is 3.41. The van der Waals surface area contributed by atoms with E-state index in [0.29, 0.717) is 23.7 Å². The highest BCUT2D eigenvalue weighted by atomic mass is 79.9. The van der Waals surface area contributed by atoms with Crippen molar-refractivity contribution in [2.24, 2.45) is 0 Å². The van der Waals surface area contributed by atoms with Gasteiger partial charge in [0.1, 0.15) is 0 Å². The van der Waals surface area contributed by atoms with Crippen molar-refractivity contribution in [1.82, 2.24) is 0 Å². The standard InChI is InChI=1S/C10H9BrF3NO2S/c11-6-2-4-7-3-1-5-8(9(7)15(16)17)18-10(12,13)14/h1,3,5H,2,4,6H2. The van der Waals surface area contributed by atoms with E-state index in [4.69, 9.17) is 0 Å². The van der Waals surface area contributed by atoms with Crippen LogP contribution in [-0.4, -0.2) is 15.8 Å². The quantitative estimate of drug-likeness (QED) is 0.341. The van der Waals surface area contributed by atoms with Crippen molar-refractivity contribution in [3.63, 3.8) is 0 Å². The van der Waals surface area contributed by atoms with Crippen molar-refractivity contribution in [3.8, 4) is 0 Å². The molecule has 0 aliphatic heterocycles. The van der Waals surface area contributed by atoms with Crippen molar-refractivity contribution < 1.29 is 18.1 Å². The number of para-hydroxylation sites is 1. The van der Waals surface area contributed by atoms with Crippen LogP contribution in [-0.2, 0) is 6.42 Å². The van der Waals surface area contributed by atoms with Crippen molar-refractivity contribution in [2.75, 3.05) is 5.33 Å². The Kier molecular flexibility index (Phi) is 5.46. The lowest BCUT2D eigenvalue weighted by Crippen LogP contribution is -2.03. The molecule has 0 aliphatic rings. The summed E-state index contributed by atoms with van der Waals surface area (Å²) in [5, 5.41) is 11.5. The fourth-order valence-electron chi connectivity index (χ4n) is 1.44. The molecular formula is C10H9BrF3NO2S. The highest BCUT2D eigenvalue weighted by Gasteiger charge is 2.33. The van der Waals surface area contributed by atoms with Crippen LogP contribution in [0.1, 0.15) is 12.0 Å². The van der Waals surface area contributed by atoms with Gasteiger partial charge in [0, 0.05) is 10.9 Å². The summed E-state index contributed by atoms with van der Waals surface area (Å²) in [7, 11) is 0. The van der Waals surface area contributed by atoms with E-state index in [1.807, 2.05) is 0 Å². The number of nitro benzene ring substituents is 1. The number of alkyl halides is 4. The number of benzene rings is 1. The molecule has 0 aliphatic carbocycles. The van der Waals surface area contributed by atoms with Gasteiger partial charge in [0.05, 0.1) is 9.82 Å². The molecule has 1 aromatic rings. The van der Waals surface area contributed by atoms with Crippen LogP contribution in [0.15, 0.2) is 23.1 Å². The van der Waals surface area contributed by atoms with E-state index in [1.54, 1.807) is 0 Å². The number of nitrogens with zero attached hydrogens (tertiary/aromatic N) is 1. The predicted octanol–water partition coefficient (Wildman–Crippen LogP) is 4.53.